The Bertz CT molecular complexity index is 137. The molecular formula is C6H7O2Y-. The molecule has 0 saturated heterocycles. The van der Waals surface area contributed by atoms with Crippen LogP contribution in [0.3, 0.4) is 0 Å². The fourth-order valence-electron chi connectivity index (χ4n) is 0.491. The fraction of sp³-hybridized carbons (Fsp3) is 0.333. The minimum atomic E-state index is 0. The molecule has 2 nitrogen and oxygen atoms in total. The van der Waals surface area contributed by atoms with Gasteiger partial charge in [-0.25, -0.2) is 0 Å². The molecule has 1 rings (SSSR count). The summed E-state index contributed by atoms with van der Waals surface area (Å²) in [6.07, 6.45) is 2.56. The van der Waals surface area contributed by atoms with Crippen molar-refractivity contribution >= 4 is 0 Å². The zero-order chi connectivity index (χ0) is 5.82. The van der Waals surface area contributed by atoms with Crippen LogP contribution in [-0.2, 0) is 44.1 Å². The molecule has 9 heavy (non-hydrogen) atoms. The number of furan rings is 1. The maximum atomic E-state index is 4.82. The SMILES string of the molecule is COCc1cc[c-]o1.[Y]. The molecule has 0 atom stereocenters. The maximum absolute atomic E-state index is 4.82. The number of hydrogen-bond acceptors (Lipinski definition) is 2. The van der Waals surface area contributed by atoms with Crippen LogP contribution in [0.15, 0.2) is 16.5 Å². The molecule has 0 aliphatic carbocycles. The Kier molecular flexibility index (Phi) is 5.35. The van der Waals surface area contributed by atoms with E-state index in [0.717, 1.165) is 5.76 Å². The largest absolute Gasteiger partial charge is 0.593 e. The van der Waals surface area contributed by atoms with Gasteiger partial charge in [-0.15, -0.1) is 6.07 Å². The van der Waals surface area contributed by atoms with E-state index in [1.807, 2.05) is 6.07 Å². The smallest absolute Gasteiger partial charge is 0.0474 e. The Morgan fingerprint density at radius 2 is 2.56 bits per heavy atom. The Hall–Kier alpha value is 0.344. The molecule has 0 aromatic carbocycles. The molecule has 1 aromatic heterocycles. The molecule has 0 saturated carbocycles. The second kappa shape index (κ2) is 5.15. The summed E-state index contributed by atoms with van der Waals surface area (Å²) in [4.78, 5) is 0. The molecule has 0 aliphatic rings. The first kappa shape index (κ1) is 9.34. The first-order valence-electron chi connectivity index (χ1n) is 2.37. The molecule has 0 bridgehead atoms. The number of methoxy groups -OCH3 is 1. The van der Waals surface area contributed by atoms with Gasteiger partial charge in [-0.3, -0.25) is 0 Å². The topological polar surface area (TPSA) is 22.4 Å². The van der Waals surface area contributed by atoms with Crippen LogP contribution < -0.4 is 0 Å². The Morgan fingerprint density at radius 1 is 1.78 bits per heavy atom. The fourth-order valence-corrected chi connectivity index (χ4v) is 0.491. The van der Waals surface area contributed by atoms with Gasteiger partial charge in [-0.05, 0) is 12.0 Å². The van der Waals surface area contributed by atoms with E-state index >= 15 is 0 Å². The Balaban J connectivity index is 0.000000640. The van der Waals surface area contributed by atoms with Crippen LogP contribution in [-0.4, -0.2) is 7.11 Å². The molecule has 1 aromatic rings. The van der Waals surface area contributed by atoms with Gasteiger partial charge >= 0.3 is 0 Å². The van der Waals surface area contributed by atoms with Gasteiger partial charge in [0.2, 0.25) is 0 Å². The number of hydrogen-bond donors (Lipinski definition) is 0. The van der Waals surface area contributed by atoms with Crippen LogP contribution in [0.4, 0.5) is 0 Å². The van der Waals surface area contributed by atoms with Gasteiger partial charge < -0.3 is 9.15 Å². The Labute approximate surface area is 79.5 Å². The molecule has 0 N–H and O–H groups in total. The van der Waals surface area contributed by atoms with Crippen LogP contribution >= 0.6 is 0 Å². The minimum absolute atomic E-state index is 0. The van der Waals surface area contributed by atoms with Crippen molar-refractivity contribution in [1.29, 1.82) is 0 Å². The molecular weight excluding hydrogens is 193 g/mol. The van der Waals surface area contributed by atoms with Crippen molar-refractivity contribution in [3.05, 3.63) is 24.2 Å². The van der Waals surface area contributed by atoms with E-state index in [2.05, 4.69) is 6.26 Å². The summed E-state index contributed by atoms with van der Waals surface area (Å²) in [7, 11) is 1.63. The molecule has 0 fully saturated rings. The van der Waals surface area contributed by atoms with Gasteiger partial charge in [0.15, 0.2) is 0 Å². The van der Waals surface area contributed by atoms with E-state index in [0.29, 0.717) is 6.61 Å². The Morgan fingerprint density at radius 3 is 3.00 bits per heavy atom. The average Bonchev–Trinajstić information content (AvgIpc) is 2.19. The van der Waals surface area contributed by atoms with Crippen molar-refractivity contribution in [2.45, 2.75) is 6.61 Å². The molecule has 0 unspecified atom stereocenters. The zero-order valence-corrected chi connectivity index (χ0v) is 8.09. The summed E-state index contributed by atoms with van der Waals surface area (Å²) in [6, 6.07) is 3.54. The molecule has 0 amide bonds. The summed E-state index contributed by atoms with van der Waals surface area (Å²) >= 11 is 0. The number of ether oxygens (including phenoxy) is 1. The van der Waals surface area contributed by atoms with Crippen LogP contribution in [0.25, 0.3) is 0 Å². The van der Waals surface area contributed by atoms with E-state index in [4.69, 9.17) is 9.15 Å². The molecule has 0 aliphatic heterocycles. The third-order valence-corrected chi connectivity index (χ3v) is 0.814. The zero-order valence-electron chi connectivity index (χ0n) is 5.26. The third-order valence-electron chi connectivity index (χ3n) is 0.814. The first-order chi connectivity index (χ1) is 3.93. The van der Waals surface area contributed by atoms with Crippen LogP contribution in [0.1, 0.15) is 5.76 Å². The average molecular weight is 200 g/mol. The quantitative estimate of drug-likeness (QED) is 0.669. The van der Waals surface area contributed by atoms with Crippen molar-refractivity contribution in [3.8, 4) is 0 Å². The van der Waals surface area contributed by atoms with Crippen molar-refractivity contribution in [1.82, 2.24) is 0 Å². The van der Waals surface area contributed by atoms with Crippen molar-refractivity contribution in [3.63, 3.8) is 0 Å². The van der Waals surface area contributed by atoms with E-state index in [1.54, 1.807) is 13.2 Å². The summed E-state index contributed by atoms with van der Waals surface area (Å²) in [5.74, 6) is 0.813. The van der Waals surface area contributed by atoms with Crippen molar-refractivity contribution < 1.29 is 41.9 Å². The normalized spacial score (nSPS) is 8.56. The van der Waals surface area contributed by atoms with Crippen molar-refractivity contribution in [2.24, 2.45) is 0 Å². The number of rotatable bonds is 2. The first-order valence-corrected chi connectivity index (χ1v) is 2.37. The van der Waals surface area contributed by atoms with E-state index in [-0.39, 0.29) is 32.7 Å². The maximum Gasteiger partial charge on any atom is 0.0474 e. The summed E-state index contributed by atoms with van der Waals surface area (Å²) in [5, 5.41) is 0. The van der Waals surface area contributed by atoms with Gasteiger partial charge in [-0.2, -0.15) is 6.07 Å². The molecule has 47 valence electrons. The summed E-state index contributed by atoms with van der Waals surface area (Å²) < 4.78 is 9.60. The third kappa shape index (κ3) is 3.14. The van der Waals surface area contributed by atoms with Crippen molar-refractivity contribution in [2.75, 3.05) is 7.11 Å². The van der Waals surface area contributed by atoms with Gasteiger partial charge in [0.1, 0.15) is 0 Å². The molecule has 1 heterocycles. The summed E-state index contributed by atoms with van der Waals surface area (Å²) in [5.41, 5.74) is 0. The van der Waals surface area contributed by atoms with E-state index in [9.17, 15) is 0 Å². The van der Waals surface area contributed by atoms with Gasteiger partial charge in [0, 0.05) is 46.4 Å². The molecule has 1 radical (unpaired) electrons. The van der Waals surface area contributed by atoms with E-state index in [1.165, 1.54) is 0 Å². The monoisotopic (exact) mass is 200 g/mol. The van der Waals surface area contributed by atoms with Crippen LogP contribution in [0.5, 0.6) is 0 Å². The standard InChI is InChI=1S/C6H7O2.Y/c1-7-5-6-3-2-4-8-6;/h2-3H,5H2,1H3;/q-1;. The predicted octanol–water partition coefficient (Wildman–Crippen LogP) is 1.22. The minimum Gasteiger partial charge on any atom is -0.593 e. The second-order valence-corrected chi connectivity index (χ2v) is 1.45. The van der Waals surface area contributed by atoms with E-state index < -0.39 is 0 Å². The molecule has 3 heteroatoms. The molecule has 0 spiro atoms. The van der Waals surface area contributed by atoms with Gasteiger partial charge in [0.25, 0.3) is 0 Å². The van der Waals surface area contributed by atoms with Gasteiger partial charge in [0.05, 0.1) is 0 Å². The second-order valence-electron chi connectivity index (χ2n) is 1.45. The van der Waals surface area contributed by atoms with Crippen LogP contribution in [0.2, 0.25) is 0 Å². The van der Waals surface area contributed by atoms with Crippen LogP contribution in [0, 0.1) is 6.26 Å². The predicted molar refractivity (Wildman–Crippen MR) is 28.3 cm³/mol. The summed E-state index contributed by atoms with van der Waals surface area (Å²) in [6.45, 7) is 0.531. The van der Waals surface area contributed by atoms with Gasteiger partial charge in [-0.1, -0.05) is 0 Å².